The molecule has 0 spiro atoms. The molecule has 1 aromatic rings. The van der Waals surface area contributed by atoms with Crippen molar-refractivity contribution >= 4 is 0 Å². The molecule has 2 unspecified atom stereocenters. The molecule has 0 saturated heterocycles. The molecule has 1 aromatic heterocycles. The second-order valence-electron chi connectivity index (χ2n) is 4.16. The zero-order chi connectivity index (χ0) is 12.9. The Kier molecular flexibility index (Phi) is 4.90. The zero-order valence-corrected chi connectivity index (χ0v) is 10.9. The number of hydrogen-bond donors (Lipinski definition) is 1. The van der Waals surface area contributed by atoms with Gasteiger partial charge in [0.2, 0.25) is 0 Å². The molecule has 1 heterocycles. The minimum absolute atomic E-state index is 0.580. The summed E-state index contributed by atoms with van der Waals surface area (Å²) >= 11 is 0. The first kappa shape index (κ1) is 13.9. The van der Waals surface area contributed by atoms with Gasteiger partial charge in [0, 0.05) is 18.9 Å². The second-order valence-corrected chi connectivity index (χ2v) is 4.16. The minimum Gasteiger partial charge on any atom is -0.492 e. The predicted molar refractivity (Wildman–Crippen MR) is 66.1 cm³/mol. The number of aliphatic hydroxyl groups excluding tert-OH is 1. The van der Waals surface area contributed by atoms with Crippen LogP contribution in [-0.4, -0.2) is 29.4 Å². The van der Waals surface area contributed by atoms with E-state index in [0.29, 0.717) is 24.3 Å². The van der Waals surface area contributed by atoms with Gasteiger partial charge in [-0.15, -0.1) is 0 Å². The maximum atomic E-state index is 10.3. The summed E-state index contributed by atoms with van der Waals surface area (Å²) in [5.74, 6) is 0.665. The summed E-state index contributed by atoms with van der Waals surface area (Å²) in [6, 6.07) is 1.80. The molecule has 0 bridgehead atoms. The molecule has 0 aromatic carbocycles. The fourth-order valence-corrected chi connectivity index (χ4v) is 1.63. The van der Waals surface area contributed by atoms with Crippen LogP contribution in [0.3, 0.4) is 0 Å². The van der Waals surface area contributed by atoms with Crippen LogP contribution in [0.2, 0.25) is 0 Å². The molecule has 2 atom stereocenters. The SMILES string of the molecule is CCOc1cncc(C(O)C(C)(CC)OC)c1. The lowest BCUT2D eigenvalue weighted by atomic mass is 9.91. The Morgan fingerprint density at radius 1 is 1.41 bits per heavy atom. The summed E-state index contributed by atoms with van der Waals surface area (Å²) < 4.78 is 10.7. The topological polar surface area (TPSA) is 51.6 Å². The van der Waals surface area contributed by atoms with Gasteiger partial charge in [-0.05, 0) is 26.3 Å². The quantitative estimate of drug-likeness (QED) is 0.827. The van der Waals surface area contributed by atoms with E-state index in [0.717, 1.165) is 0 Å². The Hall–Kier alpha value is -1.13. The average Bonchev–Trinajstić information content (AvgIpc) is 2.37. The number of rotatable bonds is 6. The zero-order valence-electron chi connectivity index (χ0n) is 10.9. The van der Waals surface area contributed by atoms with Crippen molar-refractivity contribution in [1.29, 1.82) is 0 Å². The third-order valence-electron chi connectivity index (χ3n) is 3.11. The van der Waals surface area contributed by atoms with Crippen molar-refractivity contribution in [3.63, 3.8) is 0 Å². The van der Waals surface area contributed by atoms with Gasteiger partial charge < -0.3 is 14.6 Å². The lowest BCUT2D eigenvalue weighted by Crippen LogP contribution is -2.34. The summed E-state index contributed by atoms with van der Waals surface area (Å²) in [5, 5.41) is 10.3. The molecule has 0 aliphatic rings. The lowest BCUT2D eigenvalue weighted by Gasteiger charge is -2.32. The van der Waals surface area contributed by atoms with E-state index in [1.165, 1.54) is 0 Å². The molecule has 0 aliphatic carbocycles. The van der Waals surface area contributed by atoms with Gasteiger partial charge >= 0.3 is 0 Å². The van der Waals surface area contributed by atoms with Gasteiger partial charge in [0.25, 0.3) is 0 Å². The molecule has 0 saturated carbocycles. The first-order valence-electron chi connectivity index (χ1n) is 5.88. The molecule has 0 amide bonds. The molecular weight excluding hydrogens is 218 g/mol. The van der Waals surface area contributed by atoms with E-state index in [1.807, 2.05) is 20.8 Å². The van der Waals surface area contributed by atoms with Crippen LogP contribution in [0.1, 0.15) is 38.9 Å². The van der Waals surface area contributed by atoms with Crippen LogP contribution in [0, 0.1) is 0 Å². The maximum Gasteiger partial charge on any atom is 0.137 e. The van der Waals surface area contributed by atoms with Crippen molar-refractivity contribution in [2.24, 2.45) is 0 Å². The van der Waals surface area contributed by atoms with Crippen LogP contribution in [0.4, 0.5) is 0 Å². The standard InChI is InChI=1S/C13H21NO3/c1-5-13(3,16-4)12(15)10-7-11(17-6-2)9-14-8-10/h7-9,12,15H,5-6H2,1-4H3. The molecular formula is C13H21NO3. The average molecular weight is 239 g/mol. The van der Waals surface area contributed by atoms with Gasteiger partial charge in [-0.1, -0.05) is 6.92 Å². The van der Waals surface area contributed by atoms with Crippen molar-refractivity contribution < 1.29 is 14.6 Å². The molecule has 96 valence electrons. The van der Waals surface area contributed by atoms with Crippen LogP contribution in [0.15, 0.2) is 18.5 Å². The summed E-state index contributed by atoms with van der Waals surface area (Å²) in [6.07, 6.45) is 3.27. The molecule has 1 rings (SSSR count). The minimum atomic E-state index is -0.717. The van der Waals surface area contributed by atoms with Crippen LogP contribution in [-0.2, 0) is 4.74 Å². The van der Waals surface area contributed by atoms with Crippen LogP contribution in [0.5, 0.6) is 5.75 Å². The van der Waals surface area contributed by atoms with Gasteiger partial charge in [0.1, 0.15) is 11.9 Å². The van der Waals surface area contributed by atoms with Crippen molar-refractivity contribution in [3.8, 4) is 5.75 Å². The number of hydrogen-bond acceptors (Lipinski definition) is 4. The van der Waals surface area contributed by atoms with E-state index in [2.05, 4.69) is 4.98 Å². The van der Waals surface area contributed by atoms with Gasteiger partial charge in [0.05, 0.1) is 18.4 Å². The number of nitrogens with zero attached hydrogens (tertiary/aromatic N) is 1. The van der Waals surface area contributed by atoms with E-state index in [-0.39, 0.29) is 0 Å². The van der Waals surface area contributed by atoms with E-state index in [1.54, 1.807) is 25.6 Å². The van der Waals surface area contributed by atoms with Crippen molar-refractivity contribution in [1.82, 2.24) is 4.98 Å². The highest BCUT2D eigenvalue weighted by Crippen LogP contribution is 2.32. The Morgan fingerprint density at radius 2 is 2.12 bits per heavy atom. The first-order valence-corrected chi connectivity index (χ1v) is 5.88. The fourth-order valence-electron chi connectivity index (χ4n) is 1.63. The fraction of sp³-hybridized carbons (Fsp3) is 0.615. The number of aromatic nitrogens is 1. The molecule has 1 N–H and O–H groups in total. The van der Waals surface area contributed by atoms with Gasteiger partial charge in [-0.3, -0.25) is 4.98 Å². The van der Waals surface area contributed by atoms with E-state index < -0.39 is 11.7 Å². The smallest absolute Gasteiger partial charge is 0.137 e. The first-order chi connectivity index (χ1) is 8.07. The van der Waals surface area contributed by atoms with Crippen molar-refractivity contribution in [2.45, 2.75) is 38.9 Å². The van der Waals surface area contributed by atoms with Gasteiger partial charge in [-0.25, -0.2) is 0 Å². The molecule has 4 heteroatoms. The number of methoxy groups -OCH3 is 1. The highest BCUT2D eigenvalue weighted by Gasteiger charge is 2.32. The molecule has 4 nitrogen and oxygen atoms in total. The maximum absolute atomic E-state index is 10.3. The summed E-state index contributed by atoms with van der Waals surface area (Å²) in [7, 11) is 1.60. The monoisotopic (exact) mass is 239 g/mol. The largest absolute Gasteiger partial charge is 0.492 e. The Bertz CT molecular complexity index is 350. The van der Waals surface area contributed by atoms with E-state index in [9.17, 15) is 5.11 Å². The van der Waals surface area contributed by atoms with Crippen LogP contribution < -0.4 is 4.74 Å². The van der Waals surface area contributed by atoms with Gasteiger partial charge in [-0.2, -0.15) is 0 Å². The lowest BCUT2D eigenvalue weighted by molar-refractivity contribution is -0.0945. The number of ether oxygens (including phenoxy) is 2. The van der Waals surface area contributed by atoms with Crippen LogP contribution in [0.25, 0.3) is 0 Å². The summed E-state index contributed by atoms with van der Waals surface area (Å²) in [6.45, 7) is 6.35. The predicted octanol–water partition coefficient (Wildman–Crippen LogP) is 2.33. The van der Waals surface area contributed by atoms with E-state index in [4.69, 9.17) is 9.47 Å². The number of pyridine rings is 1. The number of aliphatic hydroxyl groups is 1. The Labute approximate surface area is 103 Å². The third kappa shape index (κ3) is 3.17. The molecule has 0 aliphatic heterocycles. The van der Waals surface area contributed by atoms with Crippen LogP contribution >= 0.6 is 0 Å². The van der Waals surface area contributed by atoms with E-state index >= 15 is 0 Å². The Balaban J connectivity index is 2.95. The highest BCUT2D eigenvalue weighted by molar-refractivity contribution is 5.26. The molecule has 0 radical (unpaired) electrons. The van der Waals surface area contributed by atoms with Gasteiger partial charge in [0.15, 0.2) is 0 Å². The normalized spacial score (nSPS) is 16.3. The van der Waals surface area contributed by atoms with Crippen molar-refractivity contribution in [2.75, 3.05) is 13.7 Å². The third-order valence-corrected chi connectivity index (χ3v) is 3.11. The van der Waals surface area contributed by atoms with Crippen molar-refractivity contribution in [3.05, 3.63) is 24.0 Å². The summed E-state index contributed by atoms with van der Waals surface area (Å²) in [4.78, 5) is 4.07. The second kappa shape index (κ2) is 5.98. The summed E-state index contributed by atoms with van der Waals surface area (Å²) in [5.41, 5.74) is 0.106. The molecule has 17 heavy (non-hydrogen) atoms. The molecule has 0 fully saturated rings. The Morgan fingerprint density at radius 3 is 2.65 bits per heavy atom. The highest BCUT2D eigenvalue weighted by atomic mass is 16.5.